The van der Waals surface area contributed by atoms with Gasteiger partial charge in [0, 0.05) is 31.2 Å². The topological polar surface area (TPSA) is 32.3 Å². The fraction of sp³-hybridized carbons (Fsp3) is 0.769. The van der Waals surface area contributed by atoms with Gasteiger partial charge in [-0.3, -0.25) is 4.79 Å². The van der Waals surface area contributed by atoms with E-state index in [0.717, 1.165) is 31.6 Å². The van der Waals surface area contributed by atoms with Crippen molar-refractivity contribution in [2.45, 2.75) is 45.6 Å². The number of rotatable bonds is 2. The summed E-state index contributed by atoms with van der Waals surface area (Å²) in [4.78, 5) is 14.4. The maximum absolute atomic E-state index is 12.3. The molecule has 1 N–H and O–H groups in total. The van der Waals surface area contributed by atoms with E-state index >= 15 is 0 Å². The second-order valence-electron chi connectivity index (χ2n) is 4.89. The minimum atomic E-state index is 0.281. The highest BCUT2D eigenvalue weighted by Crippen LogP contribution is 2.22. The van der Waals surface area contributed by atoms with Crippen molar-refractivity contribution in [1.82, 2.24) is 10.2 Å². The van der Waals surface area contributed by atoms with Gasteiger partial charge in [0.2, 0.25) is 5.91 Å². The van der Waals surface area contributed by atoms with Crippen LogP contribution in [0.3, 0.4) is 0 Å². The molecule has 2 aliphatic heterocycles. The molecule has 2 aliphatic rings. The van der Waals surface area contributed by atoms with Gasteiger partial charge in [-0.25, -0.2) is 0 Å². The van der Waals surface area contributed by atoms with Crippen molar-refractivity contribution in [3.05, 3.63) is 11.1 Å². The van der Waals surface area contributed by atoms with E-state index in [4.69, 9.17) is 0 Å². The molecule has 16 heavy (non-hydrogen) atoms. The predicted molar refractivity (Wildman–Crippen MR) is 65.2 cm³/mol. The molecular weight excluding hydrogens is 200 g/mol. The summed E-state index contributed by atoms with van der Waals surface area (Å²) in [5.41, 5.74) is 2.28. The van der Waals surface area contributed by atoms with Gasteiger partial charge in [-0.1, -0.05) is 6.92 Å². The number of hydrogen-bond donors (Lipinski definition) is 1. The summed E-state index contributed by atoms with van der Waals surface area (Å²) in [6, 6.07) is 0.477. The van der Waals surface area contributed by atoms with E-state index in [0.29, 0.717) is 6.04 Å². The fourth-order valence-electron chi connectivity index (χ4n) is 2.57. The smallest absolute Gasteiger partial charge is 0.249 e. The van der Waals surface area contributed by atoms with Gasteiger partial charge in [-0.2, -0.15) is 0 Å². The van der Waals surface area contributed by atoms with Crippen molar-refractivity contribution in [3.8, 4) is 0 Å². The first-order chi connectivity index (χ1) is 7.74. The molecule has 0 spiro atoms. The van der Waals surface area contributed by atoms with Crippen LogP contribution in [0.5, 0.6) is 0 Å². The summed E-state index contributed by atoms with van der Waals surface area (Å²) in [7, 11) is 0. The van der Waals surface area contributed by atoms with Crippen molar-refractivity contribution in [2.24, 2.45) is 0 Å². The summed E-state index contributed by atoms with van der Waals surface area (Å²) in [5, 5.41) is 3.20. The first kappa shape index (κ1) is 11.6. The number of carbonyl (C=O) groups excluding carboxylic acids is 1. The van der Waals surface area contributed by atoms with Crippen LogP contribution in [0.1, 0.15) is 39.5 Å². The number of likely N-dealkylation sites (tertiary alicyclic amines) is 1. The highest BCUT2D eigenvalue weighted by Gasteiger charge is 2.27. The zero-order valence-electron chi connectivity index (χ0n) is 10.4. The minimum Gasteiger partial charge on any atom is -0.336 e. The van der Waals surface area contributed by atoms with E-state index in [-0.39, 0.29) is 5.91 Å². The average Bonchev–Trinajstić information content (AvgIpc) is 2.25. The highest BCUT2D eigenvalue weighted by atomic mass is 16.2. The lowest BCUT2D eigenvalue weighted by Crippen LogP contribution is -2.45. The third kappa shape index (κ3) is 2.14. The Morgan fingerprint density at radius 3 is 2.75 bits per heavy atom. The molecule has 0 bridgehead atoms. The van der Waals surface area contributed by atoms with E-state index in [1.807, 2.05) is 6.92 Å². The van der Waals surface area contributed by atoms with Crippen molar-refractivity contribution in [2.75, 3.05) is 19.6 Å². The zero-order valence-corrected chi connectivity index (χ0v) is 10.4. The molecule has 0 saturated carbocycles. The number of nitrogens with one attached hydrogen (secondary N) is 1. The van der Waals surface area contributed by atoms with Gasteiger partial charge in [0.1, 0.15) is 0 Å². The molecule has 1 atom stereocenters. The van der Waals surface area contributed by atoms with Crippen molar-refractivity contribution >= 4 is 5.91 Å². The van der Waals surface area contributed by atoms with Crippen LogP contribution in [0.25, 0.3) is 0 Å². The van der Waals surface area contributed by atoms with E-state index in [2.05, 4.69) is 17.1 Å². The maximum atomic E-state index is 12.3. The number of nitrogens with zero attached hydrogens (tertiary/aromatic N) is 1. The standard InChI is InChI=1S/C13H22N2O/c1-3-12-6-4-5-7-15(12)13(16)10(2)11-8-14-9-11/h12,14H,3-9H2,1-2H3. The molecule has 3 nitrogen and oxygen atoms in total. The number of carbonyl (C=O) groups is 1. The number of hydrogen-bond acceptors (Lipinski definition) is 2. The molecule has 0 aromatic carbocycles. The van der Waals surface area contributed by atoms with Gasteiger partial charge in [0.15, 0.2) is 0 Å². The number of amides is 1. The molecule has 2 saturated heterocycles. The highest BCUT2D eigenvalue weighted by molar-refractivity contribution is 5.94. The fourth-order valence-corrected chi connectivity index (χ4v) is 2.57. The molecule has 0 aromatic rings. The SMILES string of the molecule is CCC1CCCCN1C(=O)C(C)=C1CNC1. The molecular formula is C13H22N2O. The van der Waals surface area contributed by atoms with Crippen molar-refractivity contribution < 1.29 is 4.79 Å². The van der Waals surface area contributed by atoms with Gasteiger partial charge in [0.25, 0.3) is 0 Å². The second-order valence-corrected chi connectivity index (χ2v) is 4.89. The van der Waals surface area contributed by atoms with E-state index in [9.17, 15) is 4.79 Å². The number of piperidine rings is 1. The molecule has 0 radical (unpaired) electrons. The van der Waals surface area contributed by atoms with Gasteiger partial charge in [-0.05, 0) is 38.2 Å². The Hall–Kier alpha value is -0.830. The third-order valence-electron chi connectivity index (χ3n) is 3.89. The third-order valence-corrected chi connectivity index (χ3v) is 3.89. The molecule has 1 unspecified atom stereocenters. The molecule has 2 heterocycles. The molecule has 1 amide bonds. The Labute approximate surface area is 97.9 Å². The van der Waals surface area contributed by atoms with E-state index in [1.165, 1.54) is 24.8 Å². The van der Waals surface area contributed by atoms with Gasteiger partial charge >= 0.3 is 0 Å². The van der Waals surface area contributed by atoms with E-state index in [1.54, 1.807) is 0 Å². The van der Waals surface area contributed by atoms with Crippen molar-refractivity contribution in [1.29, 1.82) is 0 Å². The first-order valence-electron chi connectivity index (χ1n) is 6.44. The lowest BCUT2D eigenvalue weighted by Gasteiger charge is -2.36. The largest absolute Gasteiger partial charge is 0.336 e. The van der Waals surface area contributed by atoms with Gasteiger partial charge in [-0.15, -0.1) is 0 Å². The zero-order chi connectivity index (χ0) is 11.5. The minimum absolute atomic E-state index is 0.281. The van der Waals surface area contributed by atoms with Gasteiger partial charge in [0.05, 0.1) is 0 Å². The van der Waals surface area contributed by atoms with Crippen LogP contribution in [0.4, 0.5) is 0 Å². The Balaban J connectivity index is 2.07. The molecule has 0 aliphatic carbocycles. The monoisotopic (exact) mass is 222 g/mol. The molecule has 2 rings (SSSR count). The van der Waals surface area contributed by atoms with Crippen LogP contribution in [0, 0.1) is 0 Å². The Bertz CT molecular complexity index is 303. The summed E-state index contributed by atoms with van der Waals surface area (Å²) in [5.74, 6) is 0.281. The Kier molecular flexibility index (Phi) is 3.64. The first-order valence-corrected chi connectivity index (χ1v) is 6.44. The summed E-state index contributed by atoms with van der Waals surface area (Å²) < 4.78 is 0. The average molecular weight is 222 g/mol. The summed E-state index contributed by atoms with van der Waals surface area (Å²) >= 11 is 0. The van der Waals surface area contributed by atoms with Crippen LogP contribution in [-0.2, 0) is 4.79 Å². The van der Waals surface area contributed by atoms with Gasteiger partial charge < -0.3 is 10.2 Å². The lowest BCUT2D eigenvalue weighted by atomic mass is 9.97. The van der Waals surface area contributed by atoms with Crippen LogP contribution in [-0.4, -0.2) is 36.5 Å². The summed E-state index contributed by atoms with van der Waals surface area (Å²) in [6.07, 6.45) is 4.72. The van der Waals surface area contributed by atoms with Crippen LogP contribution in [0.2, 0.25) is 0 Å². The maximum Gasteiger partial charge on any atom is 0.249 e. The second kappa shape index (κ2) is 5.00. The van der Waals surface area contributed by atoms with E-state index < -0.39 is 0 Å². The Morgan fingerprint density at radius 1 is 1.44 bits per heavy atom. The lowest BCUT2D eigenvalue weighted by molar-refractivity contribution is -0.130. The predicted octanol–water partition coefficient (Wildman–Crippen LogP) is 1.70. The molecule has 90 valence electrons. The Morgan fingerprint density at radius 2 is 2.19 bits per heavy atom. The molecule has 3 heteroatoms. The van der Waals surface area contributed by atoms with Crippen LogP contribution >= 0.6 is 0 Å². The molecule has 2 fully saturated rings. The van der Waals surface area contributed by atoms with Crippen LogP contribution in [0.15, 0.2) is 11.1 Å². The van der Waals surface area contributed by atoms with Crippen LogP contribution < -0.4 is 5.32 Å². The summed E-state index contributed by atoms with van der Waals surface area (Å²) in [6.45, 7) is 6.93. The molecule has 0 aromatic heterocycles. The normalized spacial score (nSPS) is 25.2. The quantitative estimate of drug-likeness (QED) is 0.721. The van der Waals surface area contributed by atoms with Crippen molar-refractivity contribution in [3.63, 3.8) is 0 Å².